The molecule has 0 saturated heterocycles. The lowest BCUT2D eigenvalue weighted by Gasteiger charge is -2.23. The van der Waals surface area contributed by atoms with Crippen LogP contribution in [0, 0.1) is 5.82 Å². The molecule has 6 nitrogen and oxygen atoms in total. The number of ether oxygens (including phenoxy) is 2. The topological polar surface area (TPSA) is 76.7 Å². The summed E-state index contributed by atoms with van der Waals surface area (Å²) in [6.45, 7) is 9.14. The maximum absolute atomic E-state index is 14.1. The molecular weight excluding hydrogens is 351 g/mol. The van der Waals surface area contributed by atoms with Crippen molar-refractivity contribution >= 4 is 12.0 Å². The summed E-state index contributed by atoms with van der Waals surface area (Å²) in [5.74, 6) is -0.462. The molecule has 0 heterocycles. The SMILES string of the molecule is CCC(=O)NC(C)c1ccc(F)c(OCC2(NC(=O)OC(C)(C)C)CC2)c1. The van der Waals surface area contributed by atoms with Gasteiger partial charge in [-0.25, -0.2) is 9.18 Å². The first kappa shape index (κ1) is 21.0. The first-order valence-corrected chi connectivity index (χ1v) is 9.26. The number of hydrogen-bond donors (Lipinski definition) is 2. The van der Waals surface area contributed by atoms with Gasteiger partial charge in [0.1, 0.15) is 12.2 Å². The Morgan fingerprint density at radius 2 is 1.96 bits per heavy atom. The third-order valence-electron chi connectivity index (χ3n) is 4.28. The molecule has 0 aromatic heterocycles. The minimum absolute atomic E-state index is 0.0761. The average molecular weight is 380 g/mol. The summed E-state index contributed by atoms with van der Waals surface area (Å²) in [5, 5.41) is 5.65. The van der Waals surface area contributed by atoms with E-state index in [0.717, 1.165) is 18.4 Å². The maximum Gasteiger partial charge on any atom is 0.408 e. The van der Waals surface area contributed by atoms with Crippen molar-refractivity contribution < 1.29 is 23.5 Å². The second-order valence-corrected chi connectivity index (χ2v) is 8.03. The Morgan fingerprint density at radius 1 is 1.30 bits per heavy atom. The summed E-state index contributed by atoms with van der Waals surface area (Å²) in [7, 11) is 0. The van der Waals surface area contributed by atoms with Crippen LogP contribution in [0.25, 0.3) is 0 Å². The van der Waals surface area contributed by atoms with Crippen LogP contribution in [0.4, 0.5) is 9.18 Å². The number of amides is 2. The Kier molecular flexibility index (Phi) is 6.34. The molecule has 1 aliphatic rings. The van der Waals surface area contributed by atoms with E-state index in [1.165, 1.54) is 6.07 Å². The summed E-state index contributed by atoms with van der Waals surface area (Å²) in [6, 6.07) is 4.27. The van der Waals surface area contributed by atoms with Crippen LogP contribution >= 0.6 is 0 Å². The molecule has 2 amide bonds. The molecule has 2 N–H and O–H groups in total. The molecule has 1 aromatic rings. The van der Waals surface area contributed by atoms with Crippen molar-refractivity contribution in [3.8, 4) is 5.75 Å². The molecule has 0 radical (unpaired) electrons. The zero-order chi connectivity index (χ0) is 20.2. The minimum atomic E-state index is -0.583. The van der Waals surface area contributed by atoms with E-state index in [0.29, 0.717) is 6.42 Å². The summed E-state index contributed by atoms with van der Waals surface area (Å²) < 4.78 is 25.0. The predicted octanol–water partition coefficient (Wildman–Crippen LogP) is 3.85. The highest BCUT2D eigenvalue weighted by atomic mass is 19.1. The van der Waals surface area contributed by atoms with Gasteiger partial charge >= 0.3 is 6.09 Å². The monoisotopic (exact) mass is 380 g/mol. The summed E-state index contributed by atoms with van der Waals surface area (Å²) >= 11 is 0. The van der Waals surface area contributed by atoms with Crippen LogP contribution in [-0.4, -0.2) is 29.7 Å². The van der Waals surface area contributed by atoms with Gasteiger partial charge in [0.2, 0.25) is 5.91 Å². The molecule has 27 heavy (non-hydrogen) atoms. The smallest absolute Gasteiger partial charge is 0.408 e. The van der Waals surface area contributed by atoms with Gasteiger partial charge in [-0.2, -0.15) is 0 Å². The molecule has 2 rings (SSSR count). The second kappa shape index (κ2) is 8.15. The van der Waals surface area contributed by atoms with Crippen LogP contribution in [0.3, 0.4) is 0 Å². The van der Waals surface area contributed by atoms with Crippen LogP contribution in [0.5, 0.6) is 5.75 Å². The Hall–Kier alpha value is -2.31. The zero-order valence-corrected chi connectivity index (χ0v) is 16.6. The Labute approximate surface area is 159 Å². The fraction of sp³-hybridized carbons (Fsp3) is 0.600. The van der Waals surface area contributed by atoms with E-state index in [1.807, 2.05) is 6.92 Å². The molecule has 0 spiro atoms. The molecule has 7 heteroatoms. The maximum atomic E-state index is 14.1. The number of benzene rings is 1. The summed E-state index contributed by atoms with van der Waals surface area (Å²) in [5.41, 5.74) is -0.356. The number of rotatable bonds is 7. The first-order valence-electron chi connectivity index (χ1n) is 9.26. The second-order valence-electron chi connectivity index (χ2n) is 8.03. The van der Waals surface area contributed by atoms with Crippen molar-refractivity contribution in [3.05, 3.63) is 29.6 Å². The Bertz CT molecular complexity index is 696. The quantitative estimate of drug-likeness (QED) is 0.753. The number of nitrogens with one attached hydrogen (secondary N) is 2. The van der Waals surface area contributed by atoms with E-state index >= 15 is 0 Å². The molecule has 1 aromatic carbocycles. The first-order chi connectivity index (χ1) is 12.5. The van der Waals surface area contributed by atoms with Crippen molar-refractivity contribution in [2.75, 3.05) is 6.61 Å². The van der Waals surface area contributed by atoms with Gasteiger partial charge in [0.25, 0.3) is 0 Å². The molecule has 150 valence electrons. The van der Waals surface area contributed by atoms with Gasteiger partial charge in [0.05, 0.1) is 11.6 Å². The van der Waals surface area contributed by atoms with Gasteiger partial charge in [0.15, 0.2) is 11.6 Å². The van der Waals surface area contributed by atoms with Crippen molar-refractivity contribution in [3.63, 3.8) is 0 Å². The van der Waals surface area contributed by atoms with Gasteiger partial charge in [-0.05, 0) is 58.2 Å². The molecule has 1 fully saturated rings. The van der Waals surface area contributed by atoms with E-state index in [4.69, 9.17) is 9.47 Å². The van der Waals surface area contributed by atoms with E-state index in [1.54, 1.807) is 39.8 Å². The van der Waals surface area contributed by atoms with Crippen molar-refractivity contribution in [2.24, 2.45) is 0 Å². The lowest BCUT2D eigenvalue weighted by Crippen LogP contribution is -2.44. The Balaban J connectivity index is 1.98. The standard InChI is InChI=1S/C20H29FN2O4/c1-6-17(24)22-13(2)14-7-8-15(21)16(11-14)26-12-20(9-10-20)23-18(25)27-19(3,4)5/h7-8,11,13H,6,9-10,12H2,1-5H3,(H,22,24)(H,23,25). The zero-order valence-electron chi connectivity index (χ0n) is 16.6. The highest BCUT2D eigenvalue weighted by Gasteiger charge is 2.46. The number of carbonyl (C=O) groups is 2. The lowest BCUT2D eigenvalue weighted by molar-refractivity contribution is -0.121. The fourth-order valence-corrected chi connectivity index (χ4v) is 2.52. The highest BCUT2D eigenvalue weighted by molar-refractivity contribution is 5.76. The molecule has 1 saturated carbocycles. The summed E-state index contributed by atoms with van der Waals surface area (Å²) in [6.07, 6.45) is 1.37. The van der Waals surface area contributed by atoms with E-state index in [2.05, 4.69) is 10.6 Å². The largest absolute Gasteiger partial charge is 0.488 e. The van der Waals surface area contributed by atoms with E-state index in [9.17, 15) is 14.0 Å². The minimum Gasteiger partial charge on any atom is -0.488 e. The van der Waals surface area contributed by atoms with Crippen LogP contribution in [-0.2, 0) is 9.53 Å². The highest BCUT2D eigenvalue weighted by Crippen LogP contribution is 2.37. The normalized spacial score (nSPS) is 16.2. The molecule has 1 atom stereocenters. The van der Waals surface area contributed by atoms with E-state index in [-0.39, 0.29) is 24.3 Å². The number of carbonyl (C=O) groups excluding carboxylic acids is 2. The molecule has 1 aliphatic carbocycles. The number of halogens is 1. The van der Waals surface area contributed by atoms with Crippen LogP contribution in [0.1, 0.15) is 65.5 Å². The van der Waals surface area contributed by atoms with E-state index < -0.39 is 23.1 Å². The lowest BCUT2D eigenvalue weighted by atomic mass is 10.1. The molecule has 0 aliphatic heterocycles. The van der Waals surface area contributed by atoms with Gasteiger partial charge in [-0.3, -0.25) is 4.79 Å². The predicted molar refractivity (Wildman–Crippen MR) is 100 cm³/mol. The van der Waals surface area contributed by atoms with Crippen LogP contribution < -0.4 is 15.4 Å². The fourth-order valence-electron chi connectivity index (χ4n) is 2.52. The third-order valence-corrected chi connectivity index (χ3v) is 4.28. The van der Waals surface area contributed by atoms with Gasteiger partial charge < -0.3 is 20.1 Å². The molecular formula is C20H29FN2O4. The molecule has 0 bridgehead atoms. The number of alkyl carbamates (subject to hydrolysis) is 1. The number of hydrogen-bond acceptors (Lipinski definition) is 4. The Morgan fingerprint density at radius 3 is 2.52 bits per heavy atom. The summed E-state index contributed by atoms with van der Waals surface area (Å²) in [4.78, 5) is 23.5. The van der Waals surface area contributed by atoms with Crippen molar-refractivity contribution in [1.82, 2.24) is 10.6 Å². The third kappa shape index (κ3) is 6.41. The van der Waals surface area contributed by atoms with Crippen LogP contribution in [0.15, 0.2) is 18.2 Å². The van der Waals surface area contributed by atoms with Crippen LogP contribution in [0.2, 0.25) is 0 Å². The average Bonchev–Trinajstić information content (AvgIpc) is 3.31. The van der Waals surface area contributed by atoms with Gasteiger partial charge in [0, 0.05) is 6.42 Å². The van der Waals surface area contributed by atoms with Gasteiger partial charge in [-0.15, -0.1) is 0 Å². The molecule has 1 unspecified atom stereocenters. The van der Waals surface area contributed by atoms with Crippen molar-refractivity contribution in [1.29, 1.82) is 0 Å². The van der Waals surface area contributed by atoms with Gasteiger partial charge in [-0.1, -0.05) is 13.0 Å². The van der Waals surface area contributed by atoms with Crippen molar-refractivity contribution in [2.45, 2.75) is 71.1 Å².